The lowest BCUT2D eigenvalue weighted by Crippen LogP contribution is -2.32. The van der Waals surface area contributed by atoms with Crippen molar-refractivity contribution in [3.63, 3.8) is 0 Å². The van der Waals surface area contributed by atoms with E-state index in [1.54, 1.807) is 35.4 Å². The summed E-state index contributed by atoms with van der Waals surface area (Å²) in [4.78, 5) is 34.8. The van der Waals surface area contributed by atoms with Crippen molar-refractivity contribution in [1.82, 2.24) is 24.6 Å². The number of amides is 1. The van der Waals surface area contributed by atoms with Gasteiger partial charge in [-0.1, -0.05) is 48.5 Å². The normalized spacial score (nSPS) is 11.0. The van der Waals surface area contributed by atoms with E-state index in [0.29, 0.717) is 28.8 Å². The first-order valence-electron chi connectivity index (χ1n) is 11.1. The van der Waals surface area contributed by atoms with E-state index in [1.165, 1.54) is 0 Å². The molecule has 7 nitrogen and oxygen atoms in total. The van der Waals surface area contributed by atoms with Crippen LogP contribution in [0.25, 0.3) is 27.8 Å². The van der Waals surface area contributed by atoms with E-state index in [2.05, 4.69) is 15.1 Å². The van der Waals surface area contributed by atoms with E-state index >= 15 is 0 Å². The molecule has 168 valence electrons. The Morgan fingerprint density at radius 3 is 2.59 bits per heavy atom. The van der Waals surface area contributed by atoms with Gasteiger partial charge in [0.2, 0.25) is 0 Å². The number of fused-ring (bicyclic) bond motifs is 1. The van der Waals surface area contributed by atoms with E-state index in [4.69, 9.17) is 0 Å². The molecule has 1 N–H and O–H groups in total. The molecule has 0 radical (unpaired) electrons. The number of hydrogen-bond acceptors (Lipinski definition) is 4. The Kier molecular flexibility index (Phi) is 5.74. The second-order valence-electron chi connectivity index (χ2n) is 7.89. The van der Waals surface area contributed by atoms with Gasteiger partial charge in [0, 0.05) is 17.7 Å². The number of H-pyrrole nitrogens is 1. The summed E-state index contributed by atoms with van der Waals surface area (Å²) in [7, 11) is 0. The van der Waals surface area contributed by atoms with Crippen LogP contribution < -0.4 is 5.56 Å². The fourth-order valence-electron chi connectivity index (χ4n) is 4.01. The summed E-state index contributed by atoms with van der Waals surface area (Å²) in [5.41, 5.74) is 3.71. The van der Waals surface area contributed by atoms with Crippen molar-refractivity contribution in [3.05, 3.63) is 113 Å². The minimum absolute atomic E-state index is 0.145. The SMILES string of the molecule is CCN(Cc1nc2ccccc2c(=O)[nH]1)C(=O)c1cccc(-n2nccc2-c2ccccc2)c1. The molecule has 0 aliphatic carbocycles. The molecule has 7 heteroatoms. The smallest absolute Gasteiger partial charge is 0.258 e. The number of aromatic nitrogens is 4. The molecule has 0 fully saturated rings. The highest BCUT2D eigenvalue weighted by atomic mass is 16.2. The Labute approximate surface area is 196 Å². The zero-order chi connectivity index (χ0) is 23.5. The van der Waals surface area contributed by atoms with Gasteiger partial charge < -0.3 is 9.88 Å². The lowest BCUT2D eigenvalue weighted by molar-refractivity contribution is 0.0748. The molecule has 0 bridgehead atoms. The van der Waals surface area contributed by atoms with E-state index in [-0.39, 0.29) is 18.0 Å². The number of rotatable bonds is 6. The molecular weight excluding hydrogens is 426 g/mol. The number of benzene rings is 3. The maximum Gasteiger partial charge on any atom is 0.258 e. The maximum atomic E-state index is 13.4. The number of para-hydroxylation sites is 1. The maximum absolute atomic E-state index is 13.4. The number of carbonyl (C=O) groups is 1. The third-order valence-electron chi connectivity index (χ3n) is 5.72. The molecule has 34 heavy (non-hydrogen) atoms. The second-order valence-corrected chi connectivity index (χ2v) is 7.89. The van der Waals surface area contributed by atoms with Crippen LogP contribution in [0.1, 0.15) is 23.1 Å². The van der Waals surface area contributed by atoms with Gasteiger partial charge in [0.25, 0.3) is 11.5 Å². The number of nitrogens with one attached hydrogen (secondary N) is 1. The van der Waals surface area contributed by atoms with Crippen molar-refractivity contribution in [2.45, 2.75) is 13.5 Å². The van der Waals surface area contributed by atoms with Crippen LogP contribution in [0.15, 0.2) is 95.9 Å². The molecule has 2 aromatic heterocycles. The van der Waals surface area contributed by atoms with Crippen LogP contribution in [0.4, 0.5) is 0 Å². The lowest BCUT2D eigenvalue weighted by Gasteiger charge is -2.21. The zero-order valence-electron chi connectivity index (χ0n) is 18.7. The third kappa shape index (κ3) is 4.11. The molecule has 0 saturated carbocycles. The molecule has 0 unspecified atom stereocenters. The first-order chi connectivity index (χ1) is 16.6. The molecule has 2 heterocycles. The Morgan fingerprint density at radius 1 is 0.971 bits per heavy atom. The van der Waals surface area contributed by atoms with E-state index in [9.17, 15) is 9.59 Å². The van der Waals surface area contributed by atoms with Crippen molar-refractivity contribution in [2.24, 2.45) is 0 Å². The highest BCUT2D eigenvalue weighted by molar-refractivity contribution is 5.94. The first-order valence-corrected chi connectivity index (χ1v) is 11.1. The van der Waals surface area contributed by atoms with Crippen LogP contribution in [0.5, 0.6) is 0 Å². The van der Waals surface area contributed by atoms with Crippen molar-refractivity contribution < 1.29 is 4.79 Å². The van der Waals surface area contributed by atoms with Gasteiger partial charge in [-0.25, -0.2) is 9.67 Å². The van der Waals surface area contributed by atoms with Gasteiger partial charge in [-0.2, -0.15) is 5.10 Å². The Balaban J connectivity index is 1.44. The van der Waals surface area contributed by atoms with Crippen molar-refractivity contribution >= 4 is 16.8 Å². The number of carbonyl (C=O) groups excluding carboxylic acids is 1. The minimum Gasteiger partial charge on any atom is -0.331 e. The fraction of sp³-hybridized carbons (Fsp3) is 0.111. The molecular formula is C27H23N5O2. The van der Waals surface area contributed by atoms with E-state index in [0.717, 1.165) is 16.9 Å². The van der Waals surface area contributed by atoms with Gasteiger partial charge >= 0.3 is 0 Å². The average molecular weight is 450 g/mol. The standard InChI is InChI=1S/C27H23N5O2/c1-2-31(18-25-29-23-14-7-6-13-22(23)26(33)30-25)27(34)20-11-8-12-21(17-20)32-24(15-16-28-32)19-9-4-3-5-10-19/h3-17H,2,18H2,1H3,(H,29,30,33). The molecule has 0 saturated heterocycles. The third-order valence-corrected chi connectivity index (χ3v) is 5.72. The fourth-order valence-corrected chi connectivity index (χ4v) is 4.01. The van der Waals surface area contributed by atoms with Crippen LogP contribution in [0, 0.1) is 0 Å². The molecule has 0 aliphatic rings. The highest BCUT2D eigenvalue weighted by Crippen LogP contribution is 2.23. The summed E-state index contributed by atoms with van der Waals surface area (Å²) in [5.74, 6) is 0.307. The van der Waals surface area contributed by atoms with Crippen LogP contribution in [-0.4, -0.2) is 37.1 Å². The summed E-state index contributed by atoms with van der Waals surface area (Å²) in [6, 6.07) is 26.5. The number of hydrogen-bond donors (Lipinski definition) is 1. The van der Waals surface area contributed by atoms with Crippen LogP contribution >= 0.6 is 0 Å². The predicted octanol–water partition coefficient (Wildman–Crippen LogP) is 4.44. The van der Waals surface area contributed by atoms with Gasteiger partial charge in [0.15, 0.2) is 0 Å². The molecule has 3 aromatic carbocycles. The monoisotopic (exact) mass is 449 g/mol. The molecule has 0 atom stereocenters. The molecule has 0 aliphatic heterocycles. The van der Waals surface area contributed by atoms with Gasteiger partial charge in [0.05, 0.1) is 35.0 Å². The Bertz CT molecular complexity index is 1520. The zero-order valence-corrected chi connectivity index (χ0v) is 18.7. The second kappa shape index (κ2) is 9.15. The summed E-state index contributed by atoms with van der Waals surface area (Å²) in [6.45, 7) is 2.58. The summed E-state index contributed by atoms with van der Waals surface area (Å²) >= 11 is 0. The Hall–Kier alpha value is -4.52. The largest absolute Gasteiger partial charge is 0.331 e. The van der Waals surface area contributed by atoms with Gasteiger partial charge in [-0.3, -0.25) is 9.59 Å². The molecule has 0 spiro atoms. The summed E-state index contributed by atoms with van der Waals surface area (Å²) < 4.78 is 1.82. The molecule has 5 rings (SSSR count). The van der Waals surface area contributed by atoms with Gasteiger partial charge in [-0.05, 0) is 43.3 Å². The van der Waals surface area contributed by atoms with Crippen molar-refractivity contribution in [2.75, 3.05) is 6.54 Å². The van der Waals surface area contributed by atoms with Gasteiger partial charge in [-0.15, -0.1) is 0 Å². The average Bonchev–Trinajstić information content (AvgIpc) is 3.38. The van der Waals surface area contributed by atoms with Gasteiger partial charge in [0.1, 0.15) is 5.82 Å². The van der Waals surface area contributed by atoms with E-state index < -0.39 is 0 Å². The quantitative estimate of drug-likeness (QED) is 0.415. The minimum atomic E-state index is -0.210. The van der Waals surface area contributed by atoms with Crippen LogP contribution in [0.3, 0.4) is 0 Å². The first kappa shape index (κ1) is 21.3. The molecule has 1 amide bonds. The van der Waals surface area contributed by atoms with Crippen molar-refractivity contribution in [3.8, 4) is 16.9 Å². The van der Waals surface area contributed by atoms with E-state index in [1.807, 2.05) is 72.3 Å². The predicted molar refractivity (Wildman–Crippen MR) is 132 cm³/mol. The summed E-state index contributed by atoms with van der Waals surface area (Å²) in [5, 5.41) is 5.01. The van der Waals surface area contributed by atoms with Crippen molar-refractivity contribution in [1.29, 1.82) is 0 Å². The van der Waals surface area contributed by atoms with Crippen LogP contribution in [-0.2, 0) is 6.54 Å². The lowest BCUT2D eigenvalue weighted by atomic mass is 10.1. The Morgan fingerprint density at radius 2 is 1.76 bits per heavy atom. The topological polar surface area (TPSA) is 83.9 Å². The highest BCUT2D eigenvalue weighted by Gasteiger charge is 2.18. The number of aromatic amines is 1. The molecule has 5 aromatic rings. The summed E-state index contributed by atoms with van der Waals surface area (Å²) in [6.07, 6.45) is 1.75. The van der Waals surface area contributed by atoms with Crippen LogP contribution in [0.2, 0.25) is 0 Å². The number of nitrogens with zero attached hydrogens (tertiary/aromatic N) is 4.